The highest BCUT2D eigenvalue weighted by molar-refractivity contribution is 5.77. The van der Waals surface area contributed by atoms with E-state index in [9.17, 15) is 9.59 Å². The Balaban J connectivity index is 1.56. The molecule has 1 saturated heterocycles. The van der Waals surface area contributed by atoms with Gasteiger partial charge in [0.15, 0.2) is 6.61 Å². The molecule has 162 valence electrons. The van der Waals surface area contributed by atoms with Gasteiger partial charge >= 0.3 is 6.09 Å². The van der Waals surface area contributed by atoms with Crippen LogP contribution >= 0.6 is 0 Å². The zero-order valence-corrected chi connectivity index (χ0v) is 18.0. The van der Waals surface area contributed by atoms with Gasteiger partial charge in [-0.3, -0.25) is 4.79 Å². The van der Waals surface area contributed by atoms with Crippen LogP contribution in [0.2, 0.25) is 0 Å². The summed E-state index contributed by atoms with van der Waals surface area (Å²) in [6.07, 6.45) is 2.10. The van der Waals surface area contributed by atoms with E-state index in [-0.39, 0.29) is 18.6 Å². The van der Waals surface area contributed by atoms with Crippen LogP contribution in [-0.4, -0.2) is 61.5 Å². The molecule has 7 heteroatoms. The van der Waals surface area contributed by atoms with Crippen LogP contribution in [0.5, 0.6) is 5.75 Å². The van der Waals surface area contributed by atoms with Crippen molar-refractivity contribution in [3.05, 3.63) is 29.8 Å². The number of benzene rings is 1. The number of hydrogen-bond donors (Lipinski definition) is 1. The van der Waals surface area contributed by atoms with Crippen LogP contribution in [0, 0.1) is 6.92 Å². The van der Waals surface area contributed by atoms with Crippen LogP contribution in [0.1, 0.15) is 45.6 Å². The lowest BCUT2D eigenvalue weighted by molar-refractivity contribution is -0.136. The third-order valence-electron chi connectivity index (χ3n) is 4.58. The maximum absolute atomic E-state index is 12.4. The fraction of sp³-hybridized carbons (Fsp3) is 0.636. The van der Waals surface area contributed by atoms with E-state index in [1.807, 2.05) is 56.9 Å². The number of carbonyl (C=O) groups excluding carboxylic acids is 2. The average Bonchev–Trinajstić information content (AvgIpc) is 2.66. The van der Waals surface area contributed by atoms with Crippen molar-refractivity contribution < 1.29 is 23.8 Å². The molecule has 0 saturated carbocycles. The minimum atomic E-state index is -0.489. The maximum atomic E-state index is 12.4. The summed E-state index contributed by atoms with van der Waals surface area (Å²) in [5.74, 6) is 0.757. The molecule has 0 radical (unpaired) electrons. The van der Waals surface area contributed by atoms with Gasteiger partial charge in [-0.25, -0.2) is 4.79 Å². The molecule has 2 rings (SSSR count). The van der Waals surface area contributed by atoms with Crippen LogP contribution < -0.4 is 10.1 Å². The summed E-state index contributed by atoms with van der Waals surface area (Å²) >= 11 is 0. The molecule has 1 aromatic carbocycles. The molecule has 1 aliphatic rings. The van der Waals surface area contributed by atoms with Crippen LogP contribution in [0.25, 0.3) is 0 Å². The highest BCUT2D eigenvalue weighted by Gasteiger charge is 2.23. The molecule has 1 N–H and O–H groups in total. The van der Waals surface area contributed by atoms with Crippen molar-refractivity contribution in [1.82, 2.24) is 10.2 Å². The van der Waals surface area contributed by atoms with Crippen molar-refractivity contribution in [2.24, 2.45) is 0 Å². The predicted octanol–water partition coefficient (Wildman–Crippen LogP) is 3.30. The van der Waals surface area contributed by atoms with E-state index >= 15 is 0 Å². The number of para-hydroxylation sites is 1. The fourth-order valence-corrected chi connectivity index (χ4v) is 3.05. The third kappa shape index (κ3) is 8.73. The van der Waals surface area contributed by atoms with Crippen molar-refractivity contribution in [3.63, 3.8) is 0 Å². The first-order chi connectivity index (χ1) is 13.7. The number of piperidine rings is 1. The average molecular weight is 407 g/mol. The monoisotopic (exact) mass is 406 g/mol. The quantitative estimate of drug-likeness (QED) is 0.671. The Morgan fingerprint density at radius 3 is 2.52 bits per heavy atom. The first-order valence-electron chi connectivity index (χ1n) is 10.3. The lowest BCUT2D eigenvalue weighted by Gasteiger charge is -2.32. The standard InChI is InChI=1S/C22H34N2O5/c1-17-8-5-6-9-19(17)28-16-20(25)24-13-10-18(11-14-24)27-15-7-12-23-21(26)29-22(2,3)4/h5-6,8-9,18H,7,10-16H2,1-4H3,(H,23,26). The number of hydrogen-bond acceptors (Lipinski definition) is 5. The minimum absolute atomic E-state index is 0.00765. The number of nitrogens with one attached hydrogen (secondary N) is 1. The molecule has 0 aliphatic carbocycles. The summed E-state index contributed by atoms with van der Waals surface area (Å²) in [5, 5.41) is 2.72. The van der Waals surface area contributed by atoms with E-state index in [1.165, 1.54) is 0 Å². The van der Waals surface area contributed by atoms with Gasteiger partial charge in [0, 0.05) is 26.2 Å². The van der Waals surface area contributed by atoms with Gasteiger partial charge in [-0.2, -0.15) is 0 Å². The predicted molar refractivity (Wildman–Crippen MR) is 111 cm³/mol. The second-order valence-electron chi connectivity index (χ2n) is 8.29. The molecule has 1 aromatic rings. The van der Waals surface area contributed by atoms with Crippen LogP contribution in [0.4, 0.5) is 4.79 Å². The third-order valence-corrected chi connectivity index (χ3v) is 4.58. The summed E-state index contributed by atoms with van der Waals surface area (Å²) in [4.78, 5) is 25.8. The van der Waals surface area contributed by atoms with Gasteiger partial charge < -0.3 is 24.4 Å². The smallest absolute Gasteiger partial charge is 0.407 e. The largest absolute Gasteiger partial charge is 0.484 e. The van der Waals surface area contributed by atoms with Gasteiger partial charge in [-0.05, 0) is 58.6 Å². The normalized spacial score (nSPS) is 15.1. The first kappa shape index (κ1) is 23.0. The van der Waals surface area contributed by atoms with Gasteiger partial charge in [0.2, 0.25) is 0 Å². The molecule has 1 heterocycles. The molecular weight excluding hydrogens is 372 g/mol. The molecule has 7 nitrogen and oxygen atoms in total. The Morgan fingerprint density at radius 1 is 1.17 bits per heavy atom. The van der Waals surface area contributed by atoms with Gasteiger partial charge in [0.1, 0.15) is 11.4 Å². The molecule has 2 amide bonds. The molecular formula is C22H34N2O5. The molecule has 29 heavy (non-hydrogen) atoms. The molecule has 1 fully saturated rings. The molecule has 0 bridgehead atoms. The number of nitrogens with zero attached hydrogens (tertiary/aromatic N) is 1. The SMILES string of the molecule is Cc1ccccc1OCC(=O)N1CCC(OCCCNC(=O)OC(C)(C)C)CC1. The topological polar surface area (TPSA) is 77.1 Å². The number of likely N-dealkylation sites (tertiary alicyclic amines) is 1. The van der Waals surface area contributed by atoms with E-state index in [0.717, 1.165) is 30.6 Å². The van der Waals surface area contributed by atoms with Gasteiger partial charge in [-0.15, -0.1) is 0 Å². The molecule has 0 unspecified atom stereocenters. The lowest BCUT2D eigenvalue weighted by Crippen LogP contribution is -2.43. The summed E-state index contributed by atoms with van der Waals surface area (Å²) in [6.45, 7) is 9.98. The van der Waals surface area contributed by atoms with Gasteiger partial charge in [0.05, 0.1) is 6.10 Å². The number of amides is 2. The van der Waals surface area contributed by atoms with Gasteiger partial charge in [-0.1, -0.05) is 18.2 Å². The zero-order chi connectivity index (χ0) is 21.3. The second-order valence-corrected chi connectivity index (χ2v) is 8.29. The Bertz CT molecular complexity index is 663. The minimum Gasteiger partial charge on any atom is -0.484 e. The second kappa shape index (κ2) is 11.0. The Kier molecular flexibility index (Phi) is 8.76. The number of rotatable bonds is 8. The van der Waals surface area contributed by atoms with E-state index < -0.39 is 11.7 Å². The zero-order valence-electron chi connectivity index (χ0n) is 18.0. The van der Waals surface area contributed by atoms with Crippen molar-refractivity contribution >= 4 is 12.0 Å². The van der Waals surface area contributed by atoms with Crippen molar-refractivity contribution in [2.45, 2.75) is 58.7 Å². The lowest BCUT2D eigenvalue weighted by atomic mass is 10.1. The first-order valence-corrected chi connectivity index (χ1v) is 10.3. The molecule has 0 spiro atoms. The highest BCUT2D eigenvalue weighted by atomic mass is 16.6. The number of aryl methyl sites for hydroxylation is 1. The van der Waals surface area contributed by atoms with Gasteiger partial charge in [0.25, 0.3) is 5.91 Å². The summed E-state index contributed by atoms with van der Waals surface area (Å²) in [5.41, 5.74) is 0.533. The summed E-state index contributed by atoms with van der Waals surface area (Å²) < 4.78 is 16.7. The van der Waals surface area contributed by atoms with Crippen LogP contribution in [-0.2, 0) is 14.3 Å². The highest BCUT2D eigenvalue weighted by Crippen LogP contribution is 2.18. The van der Waals surface area contributed by atoms with E-state index in [2.05, 4.69) is 5.32 Å². The maximum Gasteiger partial charge on any atom is 0.407 e. The van der Waals surface area contributed by atoms with Crippen molar-refractivity contribution in [3.8, 4) is 5.75 Å². The number of alkyl carbamates (subject to hydrolysis) is 1. The number of carbonyl (C=O) groups is 2. The molecule has 1 aliphatic heterocycles. The Morgan fingerprint density at radius 2 is 1.86 bits per heavy atom. The van der Waals surface area contributed by atoms with E-state index in [1.54, 1.807) is 0 Å². The summed E-state index contributed by atoms with van der Waals surface area (Å²) in [6, 6.07) is 7.69. The van der Waals surface area contributed by atoms with Crippen molar-refractivity contribution in [2.75, 3.05) is 32.8 Å². The van der Waals surface area contributed by atoms with E-state index in [4.69, 9.17) is 14.2 Å². The van der Waals surface area contributed by atoms with Crippen LogP contribution in [0.15, 0.2) is 24.3 Å². The Labute approximate surface area is 173 Å². The van der Waals surface area contributed by atoms with E-state index in [0.29, 0.717) is 26.2 Å². The number of ether oxygens (including phenoxy) is 3. The summed E-state index contributed by atoms with van der Waals surface area (Å²) in [7, 11) is 0. The van der Waals surface area contributed by atoms with Crippen molar-refractivity contribution in [1.29, 1.82) is 0 Å². The molecule has 0 aromatic heterocycles. The Hall–Kier alpha value is -2.28. The molecule has 0 atom stereocenters. The van der Waals surface area contributed by atoms with Crippen LogP contribution in [0.3, 0.4) is 0 Å². The fourth-order valence-electron chi connectivity index (χ4n) is 3.05.